The van der Waals surface area contributed by atoms with Gasteiger partial charge in [-0.15, -0.1) is 6.58 Å². The molecule has 0 aliphatic heterocycles. The molecule has 0 aliphatic carbocycles. The fraction of sp³-hybridized carbons (Fsp3) is 0.300. The minimum Gasteiger partial charge on any atom is -0.102 e. The molecular formula is C20H25I. The number of rotatable bonds is 9. The predicted octanol–water partition coefficient (Wildman–Crippen LogP) is 6.59. The van der Waals surface area contributed by atoms with Crippen molar-refractivity contribution in [2.24, 2.45) is 0 Å². The molecule has 1 unspecified atom stereocenters. The molecule has 0 spiro atoms. The average Bonchev–Trinajstić information content (AvgIpc) is 2.49. The topological polar surface area (TPSA) is 0 Å². The molecule has 1 aromatic rings. The third-order valence-corrected chi connectivity index (χ3v) is 4.18. The van der Waals surface area contributed by atoms with Crippen LogP contribution in [0.4, 0.5) is 0 Å². The van der Waals surface area contributed by atoms with Crippen molar-refractivity contribution in [2.45, 2.75) is 38.5 Å². The molecule has 0 saturated carbocycles. The Kier molecular flexibility index (Phi) is 9.07. The van der Waals surface area contributed by atoms with E-state index in [4.69, 9.17) is 0 Å². The van der Waals surface area contributed by atoms with Crippen LogP contribution in [0.1, 0.15) is 43.2 Å². The van der Waals surface area contributed by atoms with Gasteiger partial charge in [0.25, 0.3) is 0 Å². The van der Waals surface area contributed by atoms with Crippen LogP contribution in [0.25, 0.3) is 0 Å². The minimum absolute atomic E-state index is 0.412. The Hall–Kier alpha value is -1.09. The first-order valence-electron chi connectivity index (χ1n) is 7.52. The Morgan fingerprint density at radius 3 is 2.71 bits per heavy atom. The number of hydrogen-bond donors (Lipinski definition) is 0. The van der Waals surface area contributed by atoms with E-state index in [1.54, 1.807) is 0 Å². The van der Waals surface area contributed by atoms with E-state index >= 15 is 0 Å². The number of unbranched alkanes of at least 4 members (excludes halogenated alkanes) is 1. The van der Waals surface area contributed by atoms with Crippen LogP contribution in [0.2, 0.25) is 0 Å². The molecule has 0 amide bonds. The van der Waals surface area contributed by atoms with Crippen LogP contribution in [0.5, 0.6) is 0 Å². The highest BCUT2D eigenvalue weighted by atomic mass is 127. The first kappa shape index (κ1) is 18.0. The SMILES string of the molecule is C=C/C=C\CCCc1ccc(I)cc1C(C=C)C/C=C\C. The fourth-order valence-corrected chi connectivity index (χ4v) is 2.89. The van der Waals surface area contributed by atoms with E-state index in [9.17, 15) is 0 Å². The van der Waals surface area contributed by atoms with Crippen LogP contribution in [0.3, 0.4) is 0 Å². The van der Waals surface area contributed by atoms with Crippen molar-refractivity contribution in [1.29, 1.82) is 0 Å². The first-order chi connectivity index (χ1) is 10.2. The van der Waals surface area contributed by atoms with Crippen LogP contribution < -0.4 is 0 Å². The van der Waals surface area contributed by atoms with Crippen molar-refractivity contribution in [3.05, 3.63) is 82.5 Å². The Morgan fingerprint density at radius 2 is 2.05 bits per heavy atom. The van der Waals surface area contributed by atoms with Gasteiger partial charge in [-0.25, -0.2) is 0 Å². The molecule has 0 aliphatic rings. The quantitative estimate of drug-likeness (QED) is 0.192. The fourth-order valence-electron chi connectivity index (χ4n) is 2.37. The van der Waals surface area contributed by atoms with Gasteiger partial charge in [0.1, 0.15) is 0 Å². The van der Waals surface area contributed by atoms with Gasteiger partial charge in [0, 0.05) is 9.49 Å². The lowest BCUT2D eigenvalue weighted by atomic mass is 9.89. The lowest BCUT2D eigenvalue weighted by Gasteiger charge is -2.16. The summed E-state index contributed by atoms with van der Waals surface area (Å²) in [6.45, 7) is 9.79. The summed E-state index contributed by atoms with van der Waals surface area (Å²) in [4.78, 5) is 0. The maximum Gasteiger partial charge on any atom is 0.0133 e. The van der Waals surface area contributed by atoms with E-state index in [2.05, 4.69) is 85.2 Å². The molecule has 1 rings (SSSR count). The highest BCUT2D eigenvalue weighted by Crippen LogP contribution is 2.28. The van der Waals surface area contributed by atoms with Gasteiger partial charge in [-0.3, -0.25) is 0 Å². The van der Waals surface area contributed by atoms with E-state index < -0.39 is 0 Å². The Bertz CT molecular complexity index is 509. The lowest BCUT2D eigenvalue weighted by molar-refractivity contribution is 0.796. The maximum atomic E-state index is 4.02. The van der Waals surface area contributed by atoms with Crippen LogP contribution >= 0.6 is 22.6 Å². The molecule has 0 aromatic heterocycles. The predicted molar refractivity (Wildman–Crippen MR) is 104 cm³/mol. The summed E-state index contributed by atoms with van der Waals surface area (Å²) < 4.78 is 1.30. The van der Waals surface area contributed by atoms with Crippen molar-refractivity contribution < 1.29 is 0 Å². The zero-order valence-corrected chi connectivity index (χ0v) is 15.1. The molecule has 0 bridgehead atoms. The molecule has 0 radical (unpaired) electrons. The number of benzene rings is 1. The maximum absolute atomic E-state index is 4.02. The standard InChI is InChI=1S/C20H25I/c1-4-7-9-10-11-13-18-14-15-19(21)16-20(18)17(6-3)12-8-5-2/h4-9,14-17H,1,3,10-13H2,2H3/b8-5-,9-7-. The molecule has 0 heterocycles. The van der Waals surface area contributed by atoms with E-state index in [0.29, 0.717) is 5.92 Å². The zero-order valence-electron chi connectivity index (χ0n) is 12.9. The highest BCUT2D eigenvalue weighted by molar-refractivity contribution is 14.1. The summed E-state index contributed by atoms with van der Waals surface area (Å²) in [5, 5.41) is 0. The second-order valence-corrected chi connectivity index (χ2v) is 6.29. The summed E-state index contributed by atoms with van der Waals surface area (Å²) in [5.74, 6) is 0.412. The average molecular weight is 392 g/mol. The van der Waals surface area contributed by atoms with Gasteiger partial charge < -0.3 is 0 Å². The molecule has 1 heteroatoms. The number of halogens is 1. The lowest BCUT2D eigenvalue weighted by Crippen LogP contribution is -2.01. The smallest absolute Gasteiger partial charge is 0.0133 e. The summed E-state index contributed by atoms with van der Waals surface area (Å²) in [5.41, 5.74) is 2.89. The molecule has 1 aromatic carbocycles. The Balaban J connectivity index is 2.84. The highest BCUT2D eigenvalue weighted by Gasteiger charge is 2.11. The van der Waals surface area contributed by atoms with Crippen molar-refractivity contribution >= 4 is 22.6 Å². The number of hydrogen-bond acceptors (Lipinski definition) is 0. The molecule has 1 atom stereocenters. The van der Waals surface area contributed by atoms with Gasteiger partial charge in [-0.2, -0.15) is 0 Å². The first-order valence-corrected chi connectivity index (χ1v) is 8.60. The number of aryl methyl sites for hydroxylation is 1. The zero-order chi connectivity index (χ0) is 15.5. The van der Waals surface area contributed by atoms with Gasteiger partial charge in [0.05, 0.1) is 0 Å². The third-order valence-electron chi connectivity index (χ3n) is 3.51. The summed E-state index contributed by atoms with van der Waals surface area (Å²) >= 11 is 2.39. The summed E-state index contributed by atoms with van der Waals surface area (Å²) in [6.07, 6.45) is 16.9. The largest absolute Gasteiger partial charge is 0.102 e. The summed E-state index contributed by atoms with van der Waals surface area (Å²) in [6, 6.07) is 6.79. The normalized spacial score (nSPS) is 12.9. The van der Waals surface area contributed by atoms with Gasteiger partial charge >= 0.3 is 0 Å². The summed E-state index contributed by atoms with van der Waals surface area (Å²) in [7, 11) is 0. The van der Waals surface area contributed by atoms with Crippen LogP contribution in [0.15, 0.2) is 67.8 Å². The van der Waals surface area contributed by atoms with E-state index in [1.165, 1.54) is 21.1 Å². The van der Waals surface area contributed by atoms with E-state index in [-0.39, 0.29) is 0 Å². The molecule has 112 valence electrons. The van der Waals surface area contributed by atoms with Gasteiger partial charge in [0.2, 0.25) is 0 Å². The van der Waals surface area contributed by atoms with Crippen molar-refractivity contribution in [2.75, 3.05) is 0 Å². The van der Waals surface area contributed by atoms with E-state index in [1.807, 2.05) is 12.2 Å². The second kappa shape index (κ2) is 10.6. The molecule has 0 fully saturated rings. The van der Waals surface area contributed by atoms with Gasteiger partial charge in [-0.1, -0.05) is 49.1 Å². The third kappa shape index (κ3) is 6.47. The number of allylic oxidation sites excluding steroid dienone is 6. The molecular weight excluding hydrogens is 367 g/mol. The van der Waals surface area contributed by atoms with Crippen LogP contribution in [-0.4, -0.2) is 0 Å². The van der Waals surface area contributed by atoms with Crippen molar-refractivity contribution in [3.8, 4) is 0 Å². The van der Waals surface area contributed by atoms with Gasteiger partial charge in [-0.05, 0) is 78.5 Å². The van der Waals surface area contributed by atoms with Crippen molar-refractivity contribution in [3.63, 3.8) is 0 Å². The Morgan fingerprint density at radius 1 is 1.24 bits per heavy atom. The second-order valence-electron chi connectivity index (χ2n) is 5.05. The molecule has 21 heavy (non-hydrogen) atoms. The molecule has 0 saturated heterocycles. The van der Waals surface area contributed by atoms with Gasteiger partial charge in [0.15, 0.2) is 0 Å². The van der Waals surface area contributed by atoms with Crippen molar-refractivity contribution in [1.82, 2.24) is 0 Å². The van der Waals surface area contributed by atoms with Crippen LogP contribution in [0, 0.1) is 3.57 Å². The Labute approximate surface area is 143 Å². The molecule has 0 nitrogen and oxygen atoms in total. The molecule has 0 N–H and O–H groups in total. The van der Waals surface area contributed by atoms with E-state index in [0.717, 1.165) is 19.3 Å². The van der Waals surface area contributed by atoms with Crippen LogP contribution in [-0.2, 0) is 6.42 Å². The monoisotopic (exact) mass is 392 g/mol. The minimum atomic E-state index is 0.412.